The van der Waals surface area contributed by atoms with Crippen molar-refractivity contribution in [1.29, 1.82) is 0 Å². The zero-order valence-corrected chi connectivity index (χ0v) is 15.6. The number of aromatic nitrogens is 2. The number of amides is 1. The molecule has 0 spiro atoms. The monoisotopic (exact) mass is 355 g/mol. The largest absolute Gasteiger partial charge is 0.480 e. The highest BCUT2D eigenvalue weighted by atomic mass is 16.5. The number of likely N-dealkylation sites (tertiary alicyclic amines) is 1. The fraction of sp³-hybridized carbons (Fsp3) is 0.450. The third kappa shape index (κ3) is 3.79. The van der Waals surface area contributed by atoms with E-state index in [9.17, 15) is 9.59 Å². The van der Waals surface area contributed by atoms with Gasteiger partial charge in [-0.1, -0.05) is 30.3 Å². The van der Waals surface area contributed by atoms with E-state index in [-0.39, 0.29) is 24.2 Å². The molecule has 1 aromatic heterocycles. The molecule has 6 heteroatoms. The minimum Gasteiger partial charge on any atom is -0.480 e. The van der Waals surface area contributed by atoms with Crippen LogP contribution < -0.4 is 4.74 Å². The van der Waals surface area contributed by atoms with Crippen LogP contribution in [0.2, 0.25) is 0 Å². The van der Waals surface area contributed by atoms with E-state index >= 15 is 0 Å². The summed E-state index contributed by atoms with van der Waals surface area (Å²) in [5.74, 6) is 0.800. The molecule has 0 atom stereocenters. The summed E-state index contributed by atoms with van der Waals surface area (Å²) in [5.41, 5.74) is 2.44. The fourth-order valence-electron chi connectivity index (χ4n) is 3.42. The zero-order valence-electron chi connectivity index (χ0n) is 15.6. The van der Waals surface area contributed by atoms with E-state index in [0.29, 0.717) is 31.7 Å². The highest BCUT2D eigenvalue weighted by Crippen LogP contribution is 2.23. The maximum Gasteiger partial charge on any atom is 0.260 e. The molecule has 0 radical (unpaired) electrons. The third-order valence-electron chi connectivity index (χ3n) is 5.06. The minimum absolute atomic E-state index is 0.00463. The van der Waals surface area contributed by atoms with Crippen LogP contribution in [0.1, 0.15) is 34.6 Å². The van der Waals surface area contributed by atoms with Gasteiger partial charge in [0.05, 0.1) is 5.69 Å². The van der Waals surface area contributed by atoms with Crippen LogP contribution in [-0.2, 0) is 11.8 Å². The molecule has 1 amide bonds. The second-order valence-corrected chi connectivity index (χ2v) is 6.80. The quantitative estimate of drug-likeness (QED) is 0.773. The average molecular weight is 355 g/mol. The van der Waals surface area contributed by atoms with Crippen molar-refractivity contribution in [2.75, 3.05) is 19.7 Å². The first kappa shape index (κ1) is 18.2. The average Bonchev–Trinajstić information content (AvgIpc) is 2.91. The third-order valence-corrected chi connectivity index (χ3v) is 5.06. The predicted molar refractivity (Wildman–Crippen MR) is 98.3 cm³/mol. The Morgan fingerprint density at radius 1 is 1.15 bits per heavy atom. The van der Waals surface area contributed by atoms with Crippen LogP contribution in [0.4, 0.5) is 0 Å². The second-order valence-electron chi connectivity index (χ2n) is 6.80. The number of nitrogens with zero attached hydrogens (tertiary/aromatic N) is 3. The Hall–Kier alpha value is -2.63. The molecule has 3 rings (SSSR count). The molecule has 1 saturated heterocycles. The van der Waals surface area contributed by atoms with Crippen molar-refractivity contribution >= 4 is 11.7 Å². The number of ether oxygens (including phenoxy) is 1. The molecule has 1 aromatic carbocycles. The molecule has 0 N–H and O–H groups in total. The van der Waals surface area contributed by atoms with Crippen LogP contribution >= 0.6 is 0 Å². The van der Waals surface area contributed by atoms with Crippen molar-refractivity contribution in [2.45, 2.75) is 26.7 Å². The Labute approximate surface area is 153 Å². The summed E-state index contributed by atoms with van der Waals surface area (Å²) >= 11 is 0. The van der Waals surface area contributed by atoms with E-state index in [1.807, 2.05) is 51.2 Å². The molecule has 1 fully saturated rings. The first-order chi connectivity index (χ1) is 12.5. The number of Topliss-reactive ketones (excluding diaryl/α,β-unsaturated/α-hetero) is 1. The van der Waals surface area contributed by atoms with E-state index in [4.69, 9.17) is 4.74 Å². The summed E-state index contributed by atoms with van der Waals surface area (Å²) in [6.07, 6.45) is 1.40. The molecule has 6 nitrogen and oxygen atoms in total. The molecule has 0 bridgehead atoms. The Morgan fingerprint density at radius 3 is 2.38 bits per heavy atom. The lowest BCUT2D eigenvalue weighted by Gasteiger charge is -2.31. The maximum atomic E-state index is 12.5. The van der Waals surface area contributed by atoms with E-state index in [0.717, 1.165) is 17.0 Å². The number of piperidine rings is 1. The standard InChI is InChI=1S/C20H25N3O3/c1-14-20(15(2)22(3)21-14)26-13-18(24)23-11-9-17(10-12-23)19(25)16-7-5-4-6-8-16/h4-8,17H,9-13H2,1-3H3. The highest BCUT2D eigenvalue weighted by Gasteiger charge is 2.28. The number of hydrogen-bond acceptors (Lipinski definition) is 4. The van der Waals surface area contributed by atoms with Gasteiger partial charge in [0.2, 0.25) is 0 Å². The van der Waals surface area contributed by atoms with Crippen molar-refractivity contribution in [3.63, 3.8) is 0 Å². The molecule has 0 unspecified atom stereocenters. The first-order valence-corrected chi connectivity index (χ1v) is 8.97. The van der Waals surface area contributed by atoms with E-state index in [2.05, 4.69) is 5.10 Å². The lowest BCUT2D eigenvalue weighted by Crippen LogP contribution is -2.42. The first-order valence-electron chi connectivity index (χ1n) is 8.97. The minimum atomic E-state index is -0.0433. The van der Waals surface area contributed by atoms with Gasteiger partial charge >= 0.3 is 0 Å². The summed E-state index contributed by atoms with van der Waals surface area (Å²) < 4.78 is 7.45. The lowest BCUT2D eigenvalue weighted by molar-refractivity contribution is -0.134. The van der Waals surface area contributed by atoms with Gasteiger partial charge in [0.1, 0.15) is 5.69 Å². The molecule has 1 aliphatic rings. The topological polar surface area (TPSA) is 64.4 Å². The van der Waals surface area contributed by atoms with Crippen molar-refractivity contribution in [3.05, 3.63) is 47.3 Å². The highest BCUT2D eigenvalue weighted by molar-refractivity contribution is 5.98. The van der Waals surface area contributed by atoms with E-state index in [1.54, 1.807) is 9.58 Å². The number of hydrogen-bond donors (Lipinski definition) is 0. The van der Waals surface area contributed by atoms with Gasteiger partial charge in [-0.05, 0) is 26.7 Å². The van der Waals surface area contributed by atoms with Crippen LogP contribution in [0.3, 0.4) is 0 Å². The van der Waals surface area contributed by atoms with Gasteiger partial charge in [-0.2, -0.15) is 5.10 Å². The second kappa shape index (κ2) is 7.72. The number of aryl methyl sites for hydroxylation is 2. The summed E-state index contributed by atoms with van der Waals surface area (Å²) in [7, 11) is 1.85. The van der Waals surface area contributed by atoms with E-state index < -0.39 is 0 Å². The summed E-state index contributed by atoms with van der Waals surface area (Å²) in [5, 5.41) is 4.29. The van der Waals surface area contributed by atoms with Crippen molar-refractivity contribution < 1.29 is 14.3 Å². The van der Waals surface area contributed by atoms with Crippen LogP contribution in [0.5, 0.6) is 5.75 Å². The maximum absolute atomic E-state index is 12.5. The van der Waals surface area contributed by atoms with E-state index in [1.165, 1.54) is 0 Å². The lowest BCUT2D eigenvalue weighted by atomic mass is 9.89. The summed E-state index contributed by atoms with van der Waals surface area (Å²) in [6, 6.07) is 9.37. The summed E-state index contributed by atoms with van der Waals surface area (Å²) in [4.78, 5) is 26.8. The van der Waals surface area contributed by atoms with Crippen molar-refractivity contribution in [2.24, 2.45) is 13.0 Å². The molecule has 26 heavy (non-hydrogen) atoms. The zero-order chi connectivity index (χ0) is 18.7. The molecular formula is C20H25N3O3. The number of ketones is 1. The molecule has 0 saturated carbocycles. The van der Waals surface area contributed by atoms with Crippen LogP contribution in [0.15, 0.2) is 30.3 Å². The number of carbonyl (C=O) groups excluding carboxylic acids is 2. The van der Waals surface area contributed by atoms with Crippen LogP contribution in [0.25, 0.3) is 0 Å². The van der Waals surface area contributed by atoms with Crippen LogP contribution in [0, 0.1) is 19.8 Å². The molecule has 1 aliphatic heterocycles. The number of carbonyl (C=O) groups is 2. The van der Waals surface area contributed by atoms with Gasteiger partial charge in [-0.3, -0.25) is 14.3 Å². The summed E-state index contributed by atoms with van der Waals surface area (Å²) in [6.45, 7) is 4.98. The Morgan fingerprint density at radius 2 is 1.81 bits per heavy atom. The molecule has 2 aromatic rings. The van der Waals surface area contributed by atoms with Gasteiger partial charge in [-0.15, -0.1) is 0 Å². The van der Waals surface area contributed by atoms with Gasteiger partial charge in [-0.25, -0.2) is 0 Å². The number of rotatable bonds is 5. The van der Waals surface area contributed by atoms with Gasteiger partial charge in [0, 0.05) is 31.6 Å². The predicted octanol–water partition coefficient (Wildman–Crippen LogP) is 2.54. The molecular weight excluding hydrogens is 330 g/mol. The molecule has 0 aliphatic carbocycles. The Bertz CT molecular complexity index is 790. The Balaban J connectivity index is 1.51. The molecule has 138 valence electrons. The van der Waals surface area contributed by atoms with Crippen molar-refractivity contribution in [1.82, 2.24) is 14.7 Å². The SMILES string of the molecule is Cc1nn(C)c(C)c1OCC(=O)N1CCC(C(=O)c2ccccc2)CC1. The van der Waals surface area contributed by atoms with Gasteiger partial charge in [0.25, 0.3) is 5.91 Å². The van der Waals surface area contributed by atoms with Gasteiger partial charge in [0.15, 0.2) is 18.1 Å². The fourth-order valence-corrected chi connectivity index (χ4v) is 3.42. The van der Waals surface area contributed by atoms with Gasteiger partial charge < -0.3 is 9.64 Å². The molecule has 2 heterocycles. The smallest absolute Gasteiger partial charge is 0.260 e. The number of benzene rings is 1. The van der Waals surface area contributed by atoms with Crippen LogP contribution in [-0.4, -0.2) is 46.1 Å². The Kier molecular flexibility index (Phi) is 5.40. The normalized spacial score (nSPS) is 15.1. The van der Waals surface area contributed by atoms with Crippen molar-refractivity contribution in [3.8, 4) is 5.75 Å².